The molecule has 0 radical (unpaired) electrons. The highest BCUT2D eigenvalue weighted by molar-refractivity contribution is 9.10. The molecule has 1 aliphatic rings. The molecule has 1 unspecified atom stereocenters. The fourth-order valence-corrected chi connectivity index (χ4v) is 2.93. The fraction of sp³-hybridized carbons (Fsp3) is 0.214. The summed E-state index contributed by atoms with van der Waals surface area (Å²) in [6, 6.07) is 6.78. The first kappa shape index (κ1) is 13.8. The SMILES string of the molecule is O=C1NCCN(C(=O)c2cn[nH]c2)C1c1ccccc1Br. The number of H-pyrrole nitrogens is 1. The van der Waals surface area contributed by atoms with Gasteiger partial charge in [0.25, 0.3) is 5.91 Å². The maximum atomic E-state index is 12.6. The molecule has 6 nitrogen and oxygen atoms in total. The number of aromatic amines is 1. The topological polar surface area (TPSA) is 78.1 Å². The van der Waals surface area contributed by atoms with Crippen LogP contribution in [0.3, 0.4) is 0 Å². The Morgan fingerprint density at radius 2 is 2.19 bits per heavy atom. The second-order valence-electron chi connectivity index (χ2n) is 4.70. The van der Waals surface area contributed by atoms with E-state index in [0.717, 1.165) is 10.0 Å². The van der Waals surface area contributed by atoms with Crippen molar-refractivity contribution in [3.63, 3.8) is 0 Å². The summed E-state index contributed by atoms with van der Waals surface area (Å²) in [7, 11) is 0. The Balaban J connectivity index is 1.99. The molecule has 1 atom stereocenters. The van der Waals surface area contributed by atoms with E-state index in [1.807, 2.05) is 24.3 Å². The highest BCUT2D eigenvalue weighted by Gasteiger charge is 2.35. The summed E-state index contributed by atoms with van der Waals surface area (Å²) in [6.07, 6.45) is 3.00. The molecule has 0 spiro atoms. The van der Waals surface area contributed by atoms with E-state index in [2.05, 4.69) is 31.4 Å². The van der Waals surface area contributed by atoms with Crippen molar-refractivity contribution in [1.29, 1.82) is 0 Å². The zero-order valence-corrected chi connectivity index (χ0v) is 12.6. The van der Waals surface area contributed by atoms with Gasteiger partial charge in [0.05, 0.1) is 11.8 Å². The number of halogens is 1. The molecule has 1 saturated heterocycles. The van der Waals surface area contributed by atoms with Gasteiger partial charge < -0.3 is 10.2 Å². The lowest BCUT2D eigenvalue weighted by atomic mass is 10.0. The second-order valence-corrected chi connectivity index (χ2v) is 5.55. The van der Waals surface area contributed by atoms with E-state index >= 15 is 0 Å². The van der Waals surface area contributed by atoms with Gasteiger partial charge in [-0.1, -0.05) is 34.1 Å². The predicted octanol–water partition coefficient (Wildman–Crippen LogP) is 1.49. The number of hydrogen-bond donors (Lipinski definition) is 2. The molecule has 7 heteroatoms. The van der Waals surface area contributed by atoms with Crippen molar-refractivity contribution in [2.45, 2.75) is 6.04 Å². The molecule has 21 heavy (non-hydrogen) atoms. The number of carbonyl (C=O) groups excluding carboxylic acids is 2. The lowest BCUT2D eigenvalue weighted by molar-refractivity contribution is -0.128. The quantitative estimate of drug-likeness (QED) is 0.862. The van der Waals surface area contributed by atoms with Gasteiger partial charge in [-0.3, -0.25) is 14.7 Å². The summed E-state index contributed by atoms with van der Waals surface area (Å²) in [4.78, 5) is 26.4. The number of piperazine rings is 1. The third kappa shape index (κ3) is 2.56. The van der Waals surface area contributed by atoms with Crippen LogP contribution >= 0.6 is 15.9 Å². The largest absolute Gasteiger partial charge is 0.352 e. The molecule has 2 N–H and O–H groups in total. The smallest absolute Gasteiger partial charge is 0.258 e. The Kier molecular flexibility index (Phi) is 3.74. The summed E-state index contributed by atoms with van der Waals surface area (Å²) < 4.78 is 0.803. The minimum atomic E-state index is -0.642. The van der Waals surface area contributed by atoms with Crippen molar-refractivity contribution >= 4 is 27.7 Å². The third-order valence-corrected chi connectivity index (χ3v) is 4.14. The number of hydrogen-bond acceptors (Lipinski definition) is 3. The van der Waals surface area contributed by atoms with Gasteiger partial charge in [0, 0.05) is 23.8 Å². The molecule has 0 saturated carbocycles. The van der Waals surface area contributed by atoms with Gasteiger partial charge >= 0.3 is 0 Å². The summed E-state index contributed by atoms with van der Waals surface area (Å²) in [5.41, 5.74) is 1.22. The second kappa shape index (κ2) is 5.69. The number of carbonyl (C=O) groups is 2. The lowest BCUT2D eigenvalue weighted by Gasteiger charge is -2.35. The maximum Gasteiger partial charge on any atom is 0.258 e. The van der Waals surface area contributed by atoms with E-state index in [1.165, 1.54) is 12.4 Å². The average Bonchev–Trinajstić information content (AvgIpc) is 3.01. The van der Waals surface area contributed by atoms with Crippen molar-refractivity contribution in [2.24, 2.45) is 0 Å². The molecule has 1 aromatic heterocycles. The van der Waals surface area contributed by atoms with Crippen LogP contribution in [0.2, 0.25) is 0 Å². The van der Waals surface area contributed by atoms with Crippen LogP contribution in [0.15, 0.2) is 41.1 Å². The summed E-state index contributed by atoms with van der Waals surface area (Å²) >= 11 is 3.45. The van der Waals surface area contributed by atoms with Gasteiger partial charge in [-0.05, 0) is 11.6 Å². The lowest BCUT2D eigenvalue weighted by Crippen LogP contribution is -2.52. The minimum Gasteiger partial charge on any atom is -0.352 e. The van der Waals surface area contributed by atoms with Crippen molar-refractivity contribution in [1.82, 2.24) is 20.4 Å². The molecular formula is C14H13BrN4O2. The Bertz CT molecular complexity index is 671. The van der Waals surface area contributed by atoms with E-state index in [-0.39, 0.29) is 11.8 Å². The molecule has 1 aliphatic heterocycles. The van der Waals surface area contributed by atoms with Crippen LogP contribution in [0.4, 0.5) is 0 Å². The zero-order chi connectivity index (χ0) is 14.8. The molecular weight excluding hydrogens is 336 g/mol. The van der Waals surface area contributed by atoms with Crippen LogP contribution in [0.1, 0.15) is 22.0 Å². The first-order chi connectivity index (χ1) is 10.2. The normalized spacial score (nSPS) is 18.4. The zero-order valence-electron chi connectivity index (χ0n) is 11.0. The van der Waals surface area contributed by atoms with Gasteiger partial charge in [-0.15, -0.1) is 0 Å². The van der Waals surface area contributed by atoms with Crippen LogP contribution in [0.5, 0.6) is 0 Å². The summed E-state index contributed by atoms with van der Waals surface area (Å²) in [5.74, 6) is -0.385. The van der Waals surface area contributed by atoms with Gasteiger partial charge in [0.1, 0.15) is 6.04 Å². The maximum absolute atomic E-state index is 12.6. The number of nitrogens with one attached hydrogen (secondary N) is 2. The van der Waals surface area contributed by atoms with E-state index in [4.69, 9.17) is 0 Å². The average molecular weight is 349 g/mol. The standard InChI is InChI=1S/C14H13BrN4O2/c15-11-4-2-1-3-10(11)12-13(20)16-5-6-19(12)14(21)9-7-17-18-8-9/h1-4,7-8,12H,5-6H2,(H,16,20)(H,17,18). The summed E-state index contributed by atoms with van der Waals surface area (Å²) in [6.45, 7) is 0.908. The monoisotopic (exact) mass is 348 g/mol. The molecule has 1 aromatic carbocycles. The number of benzene rings is 1. The van der Waals surface area contributed by atoms with Crippen molar-refractivity contribution in [2.75, 3.05) is 13.1 Å². The van der Waals surface area contributed by atoms with E-state index in [9.17, 15) is 9.59 Å². The van der Waals surface area contributed by atoms with E-state index in [0.29, 0.717) is 18.7 Å². The van der Waals surface area contributed by atoms with E-state index < -0.39 is 6.04 Å². The molecule has 108 valence electrons. The van der Waals surface area contributed by atoms with Crippen molar-refractivity contribution < 1.29 is 9.59 Å². The van der Waals surface area contributed by atoms with Crippen LogP contribution in [-0.4, -0.2) is 40.0 Å². The van der Waals surface area contributed by atoms with Crippen molar-refractivity contribution in [3.8, 4) is 0 Å². The summed E-state index contributed by atoms with van der Waals surface area (Å²) in [5, 5.41) is 9.22. The first-order valence-corrected chi connectivity index (χ1v) is 7.29. The van der Waals surface area contributed by atoms with Gasteiger partial charge in [0.15, 0.2) is 0 Å². The Hall–Kier alpha value is -2.15. The molecule has 2 amide bonds. The number of rotatable bonds is 2. The first-order valence-electron chi connectivity index (χ1n) is 6.50. The Morgan fingerprint density at radius 3 is 2.90 bits per heavy atom. The fourth-order valence-electron chi connectivity index (χ4n) is 2.43. The highest BCUT2D eigenvalue weighted by Crippen LogP contribution is 2.30. The molecule has 0 aliphatic carbocycles. The molecule has 0 bridgehead atoms. The van der Waals surface area contributed by atoms with Gasteiger partial charge in [0.2, 0.25) is 5.91 Å². The molecule has 3 rings (SSSR count). The Morgan fingerprint density at radius 1 is 1.38 bits per heavy atom. The number of amides is 2. The van der Waals surface area contributed by atoms with E-state index in [1.54, 1.807) is 4.90 Å². The molecule has 1 fully saturated rings. The molecule has 2 aromatic rings. The predicted molar refractivity (Wildman–Crippen MR) is 79.5 cm³/mol. The van der Waals surface area contributed by atoms with Crippen molar-refractivity contribution in [3.05, 3.63) is 52.3 Å². The van der Waals surface area contributed by atoms with Crippen LogP contribution in [0.25, 0.3) is 0 Å². The highest BCUT2D eigenvalue weighted by atomic mass is 79.9. The number of nitrogens with zero attached hydrogens (tertiary/aromatic N) is 2. The number of aromatic nitrogens is 2. The minimum absolute atomic E-state index is 0.176. The molecule has 2 heterocycles. The van der Waals surface area contributed by atoms with Gasteiger partial charge in [-0.2, -0.15) is 5.10 Å². The third-order valence-electron chi connectivity index (χ3n) is 3.42. The van der Waals surface area contributed by atoms with Crippen LogP contribution < -0.4 is 5.32 Å². The van der Waals surface area contributed by atoms with Crippen LogP contribution in [0, 0.1) is 0 Å². The van der Waals surface area contributed by atoms with Crippen LogP contribution in [-0.2, 0) is 4.79 Å². The Labute approximate surface area is 129 Å². The van der Waals surface area contributed by atoms with Gasteiger partial charge in [-0.25, -0.2) is 0 Å².